The van der Waals surface area contributed by atoms with Gasteiger partial charge in [0.15, 0.2) is 5.13 Å². The van der Waals surface area contributed by atoms with Gasteiger partial charge in [0, 0.05) is 23.7 Å². The minimum Gasteiger partial charge on any atom is -0.375 e. The highest BCUT2D eigenvalue weighted by molar-refractivity contribution is 7.15. The second-order valence-corrected chi connectivity index (χ2v) is 6.06. The molecule has 2 N–H and O–H groups in total. The van der Waals surface area contributed by atoms with Crippen molar-refractivity contribution in [3.63, 3.8) is 0 Å². The van der Waals surface area contributed by atoms with E-state index in [1.807, 2.05) is 6.20 Å². The van der Waals surface area contributed by atoms with Gasteiger partial charge in [-0.15, -0.1) is 11.3 Å². The Morgan fingerprint density at radius 2 is 2.25 bits per heavy atom. The number of rotatable bonds is 3. The molecular formula is C12H21N3S. The van der Waals surface area contributed by atoms with Crippen LogP contribution in [0.1, 0.15) is 37.5 Å². The molecule has 3 nitrogen and oxygen atoms in total. The molecule has 1 aliphatic carbocycles. The smallest absolute Gasteiger partial charge is 0.180 e. The van der Waals surface area contributed by atoms with E-state index in [1.165, 1.54) is 30.6 Å². The average molecular weight is 239 g/mol. The largest absolute Gasteiger partial charge is 0.375 e. The lowest BCUT2D eigenvalue weighted by Crippen LogP contribution is -2.38. The van der Waals surface area contributed by atoms with Crippen LogP contribution in [0.15, 0.2) is 6.20 Å². The van der Waals surface area contributed by atoms with Crippen molar-refractivity contribution in [2.75, 3.05) is 12.8 Å². The fourth-order valence-corrected chi connectivity index (χ4v) is 3.46. The van der Waals surface area contributed by atoms with Gasteiger partial charge in [0.1, 0.15) is 0 Å². The molecule has 0 amide bonds. The summed E-state index contributed by atoms with van der Waals surface area (Å²) in [6.45, 7) is 3.37. The van der Waals surface area contributed by atoms with E-state index in [2.05, 4.69) is 23.9 Å². The lowest BCUT2D eigenvalue weighted by molar-refractivity contribution is 0.134. The minimum absolute atomic E-state index is 0.681. The van der Waals surface area contributed by atoms with Crippen LogP contribution in [0.25, 0.3) is 0 Å². The van der Waals surface area contributed by atoms with Gasteiger partial charge in [0.25, 0.3) is 0 Å². The summed E-state index contributed by atoms with van der Waals surface area (Å²) in [5.41, 5.74) is 5.65. The Labute approximate surface area is 102 Å². The van der Waals surface area contributed by atoms with E-state index >= 15 is 0 Å². The summed E-state index contributed by atoms with van der Waals surface area (Å²) >= 11 is 1.61. The first kappa shape index (κ1) is 11.9. The van der Waals surface area contributed by atoms with Gasteiger partial charge in [-0.2, -0.15) is 0 Å². The molecule has 0 aromatic carbocycles. The van der Waals surface area contributed by atoms with Gasteiger partial charge in [-0.1, -0.05) is 19.8 Å². The first-order valence-electron chi connectivity index (χ1n) is 6.07. The first-order chi connectivity index (χ1) is 7.66. The van der Waals surface area contributed by atoms with Gasteiger partial charge in [-0.05, 0) is 25.8 Å². The minimum atomic E-state index is 0.681. The van der Waals surface area contributed by atoms with Gasteiger partial charge in [0.05, 0.1) is 0 Å². The van der Waals surface area contributed by atoms with Crippen LogP contribution in [0.3, 0.4) is 0 Å². The fraction of sp³-hybridized carbons (Fsp3) is 0.750. The van der Waals surface area contributed by atoms with Crippen LogP contribution in [0, 0.1) is 5.92 Å². The normalized spacial score (nSPS) is 26.2. The number of hydrogen-bond donors (Lipinski definition) is 1. The Balaban J connectivity index is 1.93. The molecule has 1 aromatic rings. The Morgan fingerprint density at radius 3 is 2.88 bits per heavy atom. The number of nitrogens with zero attached hydrogens (tertiary/aromatic N) is 2. The van der Waals surface area contributed by atoms with E-state index in [0.29, 0.717) is 5.13 Å². The quantitative estimate of drug-likeness (QED) is 0.882. The third-order valence-corrected chi connectivity index (χ3v) is 4.42. The number of anilines is 1. The van der Waals surface area contributed by atoms with E-state index in [-0.39, 0.29) is 0 Å². The average Bonchev–Trinajstić information content (AvgIpc) is 2.64. The van der Waals surface area contributed by atoms with E-state index in [9.17, 15) is 0 Å². The van der Waals surface area contributed by atoms with Crippen molar-refractivity contribution in [1.82, 2.24) is 9.88 Å². The maximum atomic E-state index is 5.65. The van der Waals surface area contributed by atoms with Gasteiger partial charge in [-0.3, -0.25) is 4.90 Å². The zero-order valence-electron chi connectivity index (χ0n) is 10.1. The Bertz CT molecular complexity index is 337. The standard InChI is InChI=1S/C12H21N3S/c1-9-5-3-4-6-11(9)15(2)8-10-7-14-12(13)16-10/h7,9,11H,3-6,8H2,1-2H3,(H2,13,14). The molecule has 0 spiro atoms. The predicted octanol–water partition coefficient (Wildman–Crippen LogP) is 2.74. The SMILES string of the molecule is CC1CCCCC1N(C)Cc1cnc(N)s1. The van der Waals surface area contributed by atoms with E-state index in [1.54, 1.807) is 11.3 Å². The molecule has 0 bridgehead atoms. The van der Waals surface area contributed by atoms with Gasteiger partial charge >= 0.3 is 0 Å². The van der Waals surface area contributed by atoms with Gasteiger partial charge in [-0.25, -0.2) is 4.98 Å². The predicted molar refractivity (Wildman–Crippen MR) is 69.4 cm³/mol. The summed E-state index contributed by atoms with van der Waals surface area (Å²) in [6.07, 6.45) is 7.40. The van der Waals surface area contributed by atoms with Crippen LogP contribution in [0.4, 0.5) is 5.13 Å². The Kier molecular flexibility index (Phi) is 3.82. The summed E-state index contributed by atoms with van der Waals surface area (Å²) in [7, 11) is 2.22. The molecule has 1 fully saturated rings. The lowest BCUT2D eigenvalue weighted by Gasteiger charge is -2.36. The van der Waals surface area contributed by atoms with Crippen molar-refractivity contribution in [2.45, 2.75) is 45.2 Å². The molecule has 0 saturated heterocycles. The Morgan fingerprint density at radius 1 is 1.50 bits per heavy atom. The second kappa shape index (κ2) is 5.15. The van der Waals surface area contributed by atoms with Crippen molar-refractivity contribution in [1.29, 1.82) is 0 Å². The molecule has 90 valence electrons. The number of thiazole rings is 1. The summed E-state index contributed by atoms with van der Waals surface area (Å²) < 4.78 is 0. The summed E-state index contributed by atoms with van der Waals surface area (Å²) in [4.78, 5) is 7.85. The zero-order valence-corrected chi connectivity index (χ0v) is 11.0. The molecule has 2 atom stereocenters. The molecule has 0 radical (unpaired) electrons. The van der Waals surface area contributed by atoms with Crippen LogP contribution < -0.4 is 5.73 Å². The fourth-order valence-electron chi connectivity index (χ4n) is 2.71. The monoisotopic (exact) mass is 239 g/mol. The van der Waals surface area contributed by atoms with Crippen LogP contribution in [-0.2, 0) is 6.54 Å². The van der Waals surface area contributed by atoms with Crippen molar-refractivity contribution in [3.05, 3.63) is 11.1 Å². The molecule has 16 heavy (non-hydrogen) atoms. The van der Waals surface area contributed by atoms with E-state index in [0.717, 1.165) is 18.5 Å². The molecule has 4 heteroatoms. The number of aromatic nitrogens is 1. The summed E-state index contributed by atoms with van der Waals surface area (Å²) in [5, 5.41) is 0.681. The first-order valence-corrected chi connectivity index (χ1v) is 6.89. The van der Waals surface area contributed by atoms with Crippen molar-refractivity contribution in [2.24, 2.45) is 5.92 Å². The molecule has 2 rings (SSSR count). The van der Waals surface area contributed by atoms with Crippen molar-refractivity contribution < 1.29 is 0 Å². The molecule has 1 heterocycles. The molecule has 1 aliphatic rings. The number of nitrogens with two attached hydrogens (primary N) is 1. The third kappa shape index (κ3) is 2.74. The van der Waals surface area contributed by atoms with Crippen molar-refractivity contribution >= 4 is 16.5 Å². The topological polar surface area (TPSA) is 42.2 Å². The maximum absolute atomic E-state index is 5.65. The lowest BCUT2D eigenvalue weighted by atomic mass is 9.85. The third-order valence-electron chi connectivity index (χ3n) is 3.61. The molecule has 2 unspecified atom stereocenters. The summed E-state index contributed by atoms with van der Waals surface area (Å²) in [5.74, 6) is 0.823. The molecule has 1 saturated carbocycles. The second-order valence-electron chi connectivity index (χ2n) is 4.91. The van der Waals surface area contributed by atoms with Crippen LogP contribution in [0.2, 0.25) is 0 Å². The molecular weight excluding hydrogens is 218 g/mol. The van der Waals surface area contributed by atoms with E-state index in [4.69, 9.17) is 5.73 Å². The number of nitrogen functional groups attached to an aromatic ring is 1. The summed E-state index contributed by atoms with van der Waals surface area (Å²) in [6, 6.07) is 0.733. The molecule has 1 aromatic heterocycles. The molecule has 0 aliphatic heterocycles. The van der Waals surface area contributed by atoms with Crippen LogP contribution >= 0.6 is 11.3 Å². The van der Waals surface area contributed by atoms with Crippen LogP contribution in [0.5, 0.6) is 0 Å². The highest BCUT2D eigenvalue weighted by Gasteiger charge is 2.25. The van der Waals surface area contributed by atoms with Crippen molar-refractivity contribution in [3.8, 4) is 0 Å². The Hall–Kier alpha value is -0.610. The van der Waals surface area contributed by atoms with Gasteiger partial charge < -0.3 is 5.73 Å². The zero-order chi connectivity index (χ0) is 11.5. The van der Waals surface area contributed by atoms with E-state index < -0.39 is 0 Å². The maximum Gasteiger partial charge on any atom is 0.180 e. The number of hydrogen-bond acceptors (Lipinski definition) is 4. The van der Waals surface area contributed by atoms with Crippen LogP contribution in [-0.4, -0.2) is 23.0 Å². The highest BCUT2D eigenvalue weighted by Crippen LogP contribution is 2.28. The van der Waals surface area contributed by atoms with Gasteiger partial charge in [0.2, 0.25) is 0 Å². The highest BCUT2D eigenvalue weighted by atomic mass is 32.1.